The lowest BCUT2D eigenvalue weighted by molar-refractivity contribution is -0.137. The molecule has 1 aromatic rings. The van der Waals surface area contributed by atoms with Crippen molar-refractivity contribution < 1.29 is 24.2 Å². The van der Waals surface area contributed by atoms with Gasteiger partial charge in [0.05, 0.1) is 18.7 Å². The summed E-state index contributed by atoms with van der Waals surface area (Å²) in [4.78, 5) is 36.8. The number of amides is 2. The second kappa shape index (κ2) is 8.20. The summed E-state index contributed by atoms with van der Waals surface area (Å²) >= 11 is 6.01. The maximum atomic E-state index is 12.3. The fraction of sp³-hybridized carbons (Fsp3) is 0.471. The molecule has 1 saturated heterocycles. The Labute approximate surface area is 150 Å². The van der Waals surface area contributed by atoms with Crippen LogP contribution in [0, 0.1) is 5.92 Å². The smallest absolute Gasteiger partial charge is 0.303 e. The zero-order valence-corrected chi connectivity index (χ0v) is 14.9. The van der Waals surface area contributed by atoms with Crippen molar-refractivity contribution in [3.63, 3.8) is 0 Å². The van der Waals surface area contributed by atoms with Crippen molar-refractivity contribution in [3.05, 3.63) is 23.2 Å². The summed E-state index contributed by atoms with van der Waals surface area (Å²) in [7, 11) is 1.50. The van der Waals surface area contributed by atoms with Crippen LogP contribution in [0.5, 0.6) is 5.75 Å². The van der Waals surface area contributed by atoms with E-state index < -0.39 is 11.9 Å². The molecule has 0 aliphatic carbocycles. The van der Waals surface area contributed by atoms with E-state index in [1.165, 1.54) is 12.0 Å². The number of carbonyl (C=O) groups is 3. The van der Waals surface area contributed by atoms with Crippen LogP contribution >= 0.6 is 11.6 Å². The second-order valence-electron chi connectivity index (χ2n) is 6.06. The number of aliphatic carboxylic acids is 1. The maximum Gasteiger partial charge on any atom is 0.303 e. The maximum absolute atomic E-state index is 12.3. The average molecular weight is 369 g/mol. The van der Waals surface area contributed by atoms with Crippen LogP contribution < -0.4 is 15.0 Å². The molecule has 1 fully saturated rings. The molecular weight excluding hydrogens is 348 g/mol. The lowest BCUT2D eigenvalue weighted by atomic mass is 10.1. The molecule has 136 valence electrons. The number of carboxylic acids is 1. The monoisotopic (exact) mass is 368 g/mol. The highest BCUT2D eigenvalue weighted by Gasteiger charge is 2.36. The molecule has 8 heteroatoms. The molecule has 1 aliphatic rings. The van der Waals surface area contributed by atoms with Gasteiger partial charge in [0.1, 0.15) is 5.75 Å². The molecule has 2 amide bonds. The fourth-order valence-electron chi connectivity index (χ4n) is 2.76. The second-order valence-corrected chi connectivity index (χ2v) is 6.50. The molecular formula is C17H21ClN2O5. The lowest BCUT2D eigenvalue weighted by Gasteiger charge is -2.20. The van der Waals surface area contributed by atoms with E-state index >= 15 is 0 Å². The van der Waals surface area contributed by atoms with Gasteiger partial charge in [0.25, 0.3) is 0 Å². The van der Waals surface area contributed by atoms with E-state index in [2.05, 4.69) is 5.32 Å². The van der Waals surface area contributed by atoms with E-state index in [0.29, 0.717) is 22.9 Å². The van der Waals surface area contributed by atoms with Crippen molar-refractivity contribution in [2.45, 2.75) is 32.2 Å². The Balaban J connectivity index is 2.03. The van der Waals surface area contributed by atoms with E-state index in [-0.39, 0.29) is 37.2 Å². The van der Waals surface area contributed by atoms with Crippen molar-refractivity contribution in [1.82, 2.24) is 5.32 Å². The largest absolute Gasteiger partial charge is 0.495 e. The molecule has 1 heterocycles. The highest BCUT2D eigenvalue weighted by molar-refractivity contribution is 6.31. The Hall–Kier alpha value is -2.28. The van der Waals surface area contributed by atoms with Gasteiger partial charge in [0.15, 0.2) is 0 Å². The quantitative estimate of drug-likeness (QED) is 0.768. The van der Waals surface area contributed by atoms with Gasteiger partial charge < -0.3 is 20.1 Å². The number of benzene rings is 1. The minimum absolute atomic E-state index is 0.0170. The van der Waals surface area contributed by atoms with Crippen LogP contribution in [0.1, 0.15) is 26.2 Å². The molecule has 0 spiro atoms. The van der Waals surface area contributed by atoms with E-state index in [1.54, 1.807) is 25.1 Å². The number of rotatable bonds is 7. The summed E-state index contributed by atoms with van der Waals surface area (Å²) in [5, 5.41) is 11.9. The molecule has 25 heavy (non-hydrogen) atoms. The number of ether oxygens (including phenoxy) is 1. The summed E-state index contributed by atoms with van der Waals surface area (Å²) in [5.74, 6) is -1.33. The third kappa shape index (κ3) is 4.85. The van der Waals surface area contributed by atoms with Crippen molar-refractivity contribution in [2.24, 2.45) is 5.92 Å². The van der Waals surface area contributed by atoms with E-state index in [4.69, 9.17) is 21.4 Å². The van der Waals surface area contributed by atoms with Gasteiger partial charge in [-0.2, -0.15) is 0 Å². The van der Waals surface area contributed by atoms with Crippen LogP contribution in [0.4, 0.5) is 5.69 Å². The van der Waals surface area contributed by atoms with Crippen LogP contribution in [0.25, 0.3) is 0 Å². The first kappa shape index (κ1) is 19.1. The first-order valence-corrected chi connectivity index (χ1v) is 8.35. The molecule has 7 nitrogen and oxygen atoms in total. The summed E-state index contributed by atoms with van der Waals surface area (Å²) in [6.45, 7) is 1.97. The third-order valence-corrected chi connectivity index (χ3v) is 4.34. The SMILES string of the molecule is COc1ccc(Cl)cc1N1CC(C(=O)NC(C)CCC(=O)O)CC1=O. The van der Waals surface area contributed by atoms with E-state index in [1.807, 2.05) is 0 Å². The molecule has 0 bridgehead atoms. The highest BCUT2D eigenvalue weighted by Crippen LogP contribution is 2.35. The van der Waals surface area contributed by atoms with Gasteiger partial charge in [-0.15, -0.1) is 0 Å². The number of carbonyl (C=O) groups excluding carboxylic acids is 2. The fourth-order valence-corrected chi connectivity index (χ4v) is 2.93. The van der Waals surface area contributed by atoms with Crippen LogP contribution in [0.2, 0.25) is 5.02 Å². The van der Waals surface area contributed by atoms with E-state index in [0.717, 1.165) is 0 Å². The number of carboxylic acid groups (broad SMARTS) is 1. The van der Waals surface area contributed by atoms with Gasteiger partial charge in [-0.05, 0) is 31.5 Å². The highest BCUT2D eigenvalue weighted by atomic mass is 35.5. The molecule has 1 aromatic carbocycles. The van der Waals surface area contributed by atoms with Crippen molar-refractivity contribution >= 4 is 35.1 Å². The molecule has 1 aliphatic heterocycles. The molecule has 0 radical (unpaired) electrons. The van der Waals surface area contributed by atoms with Gasteiger partial charge >= 0.3 is 5.97 Å². The van der Waals surface area contributed by atoms with Crippen LogP contribution in [0.15, 0.2) is 18.2 Å². The minimum Gasteiger partial charge on any atom is -0.495 e. The summed E-state index contributed by atoms with van der Waals surface area (Å²) in [5.41, 5.74) is 0.536. The Morgan fingerprint density at radius 2 is 2.20 bits per heavy atom. The molecule has 2 atom stereocenters. The van der Waals surface area contributed by atoms with Gasteiger partial charge in [0.2, 0.25) is 11.8 Å². The average Bonchev–Trinajstić information content (AvgIpc) is 2.94. The number of hydrogen-bond donors (Lipinski definition) is 2. The van der Waals surface area contributed by atoms with Crippen LogP contribution in [0.3, 0.4) is 0 Å². The van der Waals surface area contributed by atoms with Gasteiger partial charge in [-0.1, -0.05) is 11.6 Å². The van der Waals surface area contributed by atoms with E-state index in [9.17, 15) is 14.4 Å². The van der Waals surface area contributed by atoms with Crippen LogP contribution in [-0.4, -0.2) is 42.6 Å². The summed E-state index contributed by atoms with van der Waals surface area (Å²) in [6, 6.07) is 4.70. The number of methoxy groups -OCH3 is 1. The molecule has 2 unspecified atom stereocenters. The van der Waals surface area contributed by atoms with Gasteiger partial charge in [-0.25, -0.2) is 0 Å². The standard InChI is InChI=1S/C17H21ClN2O5/c1-10(3-6-16(22)23)19-17(24)11-7-15(21)20(9-11)13-8-12(18)4-5-14(13)25-2/h4-5,8,10-11H,3,6-7,9H2,1-2H3,(H,19,24)(H,22,23). The first-order chi connectivity index (χ1) is 11.8. The predicted molar refractivity (Wildman–Crippen MR) is 92.9 cm³/mol. The summed E-state index contributed by atoms with van der Waals surface area (Å²) in [6.07, 6.45) is 0.414. The number of nitrogens with zero attached hydrogens (tertiary/aromatic N) is 1. The zero-order valence-electron chi connectivity index (χ0n) is 14.1. The Morgan fingerprint density at radius 3 is 2.84 bits per heavy atom. The number of halogens is 1. The molecule has 2 N–H and O–H groups in total. The van der Waals surface area contributed by atoms with Gasteiger partial charge in [0, 0.05) is 30.5 Å². The Kier molecular flexibility index (Phi) is 6.25. The molecule has 0 saturated carbocycles. The number of hydrogen-bond acceptors (Lipinski definition) is 4. The molecule has 2 rings (SSSR count). The van der Waals surface area contributed by atoms with Gasteiger partial charge in [-0.3, -0.25) is 14.4 Å². The number of anilines is 1. The van der Waals surface area contributed by atoms with Crippen molar-refractivity contribution in [3.8, 4) is 5.75 Å². The minimum atomic E-state index is -0.906. The van der Waals surface area contributed by atoms with Crippen molar-refractivity contribution in [2.75, 3.05) is 18.6 Å². The predicted octanol–water partition coefficient (Wildman–Crippen LogP) is 2.07. The zero-order chi connectivity index (χ0) is 18.6. The van der Waals surface area contributed by atoms with Crippen LogP contribution in [-0.2, 0) is 14.4 Å². The lowest BCUT2D eigenvalue weighted by Crippen LogP contribution is -2.38. The first-order valence-electron chi connectivity index (χ1n) is 7.98. The topological polar surface area (TPSA) is 95.9 Å². The summed E-state index contributed by atoms with van der Waals surface area (Å²) < 4.78 is 5.27. The third-order valence-electron chi connectivity index (χ3n) is 4.11. The molecule has 0 aromatic heterocycles. The normalized spacial score (nSPS) is 18.1. The Bertz CT molecular complexity index is 679. The van der Waals surface area contributed by atoms with Crippen molar-refractivity contribution in [1.29, 1.82) is 0 Å². The number of nitrogens with one attached hydrogen (secondary N) is 1. The Morgan fingerprint density at radius 1 is 1.48 bits per heavy atom.